The van der Waals surface area contributed by atoms with Crippen LogP contribution >= 0.6 is 0 Å². The molecule has 0 aliphatic heterocycles. The number of hydrogen-bond donors (Lipinski definition) is 2. The molecule has 0 aromatic carbocycles. The highest BCUT2D eigenvalue weighted by Crippen LogP contribution is 2.19. The van der Waals surface area contributed by atoms with Gasteiger partial charge in [-0.3, -0.25) is 33.2 Å². The van der Waals surface area contributed by atoms with E-state index in [-0.39, 0.29) is 42.5 Å². The second-order valence-electron chi connectivity index (χ2n) is 7.54. The minimum Gasteiger partial charge on any atom is -0.383 e. The molecule has 3 N–H and O–H groups in total. The second-order valence-corrected chi connectivity index (χ2v) is 7.54. The van der Waals surface area contributed by atoms with Crippen molar-refractivity contribution in [3.63, 3.8) is 0 Å². The van der Waals surface area contributed by atoms with Crippen molar-refractivity contribution in [3.8, 4) is 0 Å². The summed E-state index contributed by atoms with van der Waals surface area (Å²) in [6, 6.07) is 0. The van der Waals surface area contributed by atoms with E-state index in [1.807, 2.05) is 13.8 Å². The fourth-order valence-corrected chi connectivity index (χ4v) is 3.54. The summed E-state index contributed by atoms with van der Waals surface area (Å²) in [5, 5.41) is 4.38. The highest BCUT2D eigenvalue weighted by Gasteiger charge is 2.23. The van der Waals surface area contributed by atoms with Gasteiger partial charge in [-0.1, -0.05) is 20.3 Å². The Hall–Kier alpha value is -3.70. The van der Waals surface area contributed by atoms with Gasteiger partial charge >= 0.3 is 5.69 Å². The van der Waals surface area contributed by atoms with Crippen LogP contribution in [0.15, 0.2) is 26.9 Å². The highest BCUT2D eigenvalue weighted by molar-refractivity contribution is 5.95. The minimum atomic E-state index is -0.710. The van der Waals surface area contributed by atoms with E-state index in [1.165, 1.54) is 31.2 Å². The molecule has 3 rings (SSSR count). The van der Waals surface area contributed by atoms with Crippen LogP contribution in [0.2, 0.25) is 0 Å². The first-order valence-electron chi connectivity index (χ1n) is 10.6. The fraction of sp³-hybridized carbons (Fsp3) is 0.500. The molecule has 32 heavy (non-hydrogen) atoms. The predicted octanol–water partition coefficient (Wildman–Crippen LogP) is 0.196. The molecule has 12 heteroatoms. The first-order chi connectivity index (χ1) is 15.3. The number of amides is 1. The van der Waals surface area contributed by atoms with Crippen LogP contribution in [0.25, 0.3) is 11.0 Å². The molecule has 12 nitrogen and oxygen atoms in total. The lowest BCUT2D eigenvalue weighted by molar-refractivity contribution is -0.118. The first kappa shape index (κ1) is 23.0. The average molecular weight is 444 g/mol. The van der Waals surface area contributed by atoms with E-state index in [4.69, 9.17) is 5.73 Å². The van der Waals surface area contributed by atoms with E-state index >= 15 is 0 Å². The lowest BCUT2D eigenvalue weighted by Crippen LogP contribution is -2.42. The van der Waals surface area contributed by atoms with Crippen LogP contribution in [0.3, 0.4) is 0 Å². The third kappa shape index (κ3) is 4.34. The summed E-state index contributed by atoms with van der Waals surface area (Å²) in [6.45, 7) is 4.49. The molecular weight excluding hydrogens is 416 g/mol. The lowest BCUT2D eigenvalue weighted by atomic mass is 10.2. The predicted molar refractivity (Wildman–Crippen MR) is 121 cm³/mol. The number of unbranched alkanes of at least 4 members (excludes halogenated alkanes) is 1. The highest BCUT2D eigenvalue weighted by atomic mass is 16.2. The molecule has 3 aromatic heterocycles. The van der Waals surface area contributed by atoms with Gasteiger partial charge < -0.3 is 10.6 Å². The van der Waals surface area contributed by atoms with Crippen LogP contribution < -0.4 is 27.4 Å². The summed E-state index contributed by atoms with van der Waals surface area (Å²) in [5.74, 6) is -0.424. The Morgan fingerprint density at radius 1 is 1.19 bits per heavy atom. The summed E-state index contributed by atoms with van der Waals surface area (Å²) >= 11 is 0. The van der Waals surface area contributed by atoms with Crippen molar-refractivity contribution in [2.75, 3.05) is 17.2 Å². The van der Waals surface area contributed by atoms with Crippen LogP contribution in [0.5, 0.6) is 0 Å². The number of nitrogen functional groups attached to an aromatic ring is 1. The van der Waals surface area contributed by atoms with Gasteiger partial charge in [0.1, 0.15) is 11.2 Å². The van der Waals surface area contributed by atoms with Gasteiger partial charge in [-0.15, -0.1) is 0 Å². The molecule has 0 aliphatic rings. The third-order valence-corrected chi connectivity index (χ3v) is 5.25. The number of nitrogens with two attached hydrogens (primary N) is 1. The number of aryl methyl sites for hydroxylation is 2. The van der Waals surface area contributed by atoms with Crippen LogP contribution in [0, 0.1) is 0 Å². The normalized spacial score (nSPS) is 11.2. The maximum atomic E-state index is 13.1. The van der Waals surface area contributed by atoms with Gasteiger partial charge in [-0.25, -0.2) is 9.78 Å². The Labute approximate surface area is 183 Å². The van der Waals surface area contributed by atoms with Gasteiger partial charge in [-0.2, -0.15) is 5.10 Å². The van der Waals surface area contributed by atoms with Gasteiger partial charge in [0, 0.05) is 33.1 Å². The molecule has 0 spiro atoms. The van der Waals surface area contributed by atoms with Crippen molar-refractivity contribution < 1.29 is 4.79 Å². The zero-order chi connectivity index (χ0) is 23.4. The number of carbonyl (C=O) groups is 1. The Morgan fingerprint density at radius 3 is 2.62 bits per heavy atom. The van der Waals surface area contributed by atoms with Crippen LogP contribution in [-0.2, 0) is 24.9 Å². The summed E-state index contributed by atoms with van der Waals surface area (Å²) in [7, 11) is 1.69. The van der Waals surface area contributed by atoms with Gasteiger partial charge in [0.05, 0.1) is 12.5 Å². The van der Waals surface area contributed by atoms with E-state index in [0.717, 1.165) is 6.42 Å². The monoisotopic (exact) mass is 444 g/mol. The van der Waals surface area contributed by atoms with E-state index in [2.05, 4.69) is 15.1 Å². The fourth-order valence-electron chi connectivity index (χ4n) is 3.54. The molecule has 0 unspecified atom stereocenters. The van der Waals surface area contributed by atoms with Crippen molar-refractivity contribution in [3.05, 3.63) is 43.7 Å². The SMILES string of the molecule is CCCCn1c(N)c(N(CCC)C(=O)CCn2cnc3c(cnn3C)c2=O)c(=O)[nH]c1=O. The number of carbonyl (C=O) groups excluding carboxylic acids is 1. The molecule has 172 valence electrons. The Balaban J connectivity index is 1.90. The molecule has 0 radical (unpaired) electrons. The number of hydrogen-bond acceptors (Lipinski definition) is 7. The smallest absolute Gasteiger partial charge is 0.330 e. The van der Waals surface area contributed by atoms with Gasteiger partial charge in [0.15, 0.2) is 11.3 Å². The molecule has 3 aromatic rings. The Morgan fingerprint density at radius 2 is 1.94 bits per heavy atom. The van der Waals surface area contributed by atoms with Crippen LogP contribution in [0.1, 0.15) is 39.5 Å². The molecule has 1 amide bonds. The quantitative estimate of drug-likeness (QED) is 0.478. The molecular formula is C20H28N8O4. The van der Waals surface area contributed by atoms with Gasteiger partial charge in [-0.05, 0) is 12.8 Å². The van der Waals surface area contributed by atoms with Crippen molar-refractivity contribution in [2.45, 2.75) is 52.6 Å². The zero-order valence-corrected chi connectivity index (χ0v) is 18.5. The van der Waals surface area contributed by atoms with E-state index < -0.39 is 11.2 Å². The van der Waals surface area contributed by atoms with Crippen molar-refractivity contribution >= 4 is 28.4 Å². The molecule has 0 atom stereocenters. The Kier molecular flexibility index (Phi) is 6.91. The number of fused-ring (bicyclic) bond motifs is 1. The third-order valence-electron chi connectivity index (χ3n) is 5.25. The lowest BCUT2D eigenvalue weighted by Gasteiger charge is -2.24. The topological polar surface area (TPSA) is 154 Å². The van der Waals surface area contributed by atoms with Crippen molar-refractivity contribution in [1.82, 2.24) is 28.9 Å². The number of aromatic amines is 1. The number of rotatable bonds is 9. The standard InChI is InChI=1S/C20H28N8O4/c1-4-6-9-28-16(21)15(18(30)24-20(28)32)27(8-5-2)14(29)7-10-26-12-22-17-13(19(26)31)11-23-25(17)3/h11-12H,4-10,21H2,1-3H3,(H,24,30,32). The van der Waals surface area contributed by atoms with Crippen molar-refractivity contribution in [1.29, 1.82) is 0 Å². The first-order valence-corrected chi connectivity index (χ1v) is 10.6. The number of aromatic nitrogens is 6. The van der Waals surface area contributed by atoms with E-state index in [9.17, 15) is 19.2 Å². The number of anilines is 2. The summed E-state index contributed by atoms with van der Waals surface area (Å²) in [5.41, 5.74) is 4.97. The average Bonchev–Trinajstić information content (AvgIpc) is 3.13. The van der Waals surface area contributed by atoms with Crippen LogP contribution in [0.4, 0.5) is 11.5 Å². The minimum absolute atomic E-state index is 0.0374. The second kappa shape index (κ2) is 9.62. The van der Waals surface area contributed by atoms with Gasteiger partial charge in [0.2, 0.25) is 5.91 Å². The summed E-state index contributed by atoms with van der Waals surface area (Å²) in [6.07, 6.45) is 4.86. The molecule has 0 saturated heterocycles. The van der Waals surface area contributed by atoms with Gasteiger partial charge in [0.25, 0.3) is 11.1 Å². The largest absolute Gasteiger partial charge is 0.383 e. The number of nitrogens with zero attached hydrogens (tertiary/aromatic N) is 6. The van der Waals surface area contributed by atoms with Crippen LogP contribution in [-0.4, -0.2) is 41.3 Å². The molecule has 0 fully saturated rings. The molecule has 3 heterocycles. The zero-order valence-electron chi connectivity index (χ0n) is 18.5. The number of nitrogens with one attached hydrogen (secondary N) is 1. The van der Waals surface area contributed by atoms with Crippen molar-refractivity contribution in [2.24, 2.45) is 7.05 Å². The molecule has 0 aliphatic carbocycles. The number of H-pyrrole nitrogens is 1. The maximum absolute atomic E-state index is 13.1. The molecule has 0 bridgehead atoms. The summed E-state index contributed by atoms with van der Waals surface area (Å²) < 4.78 is 4.11. The maximum Gasteiger partial charge on any atom is 0.330 e. The Bertz CT molecular complexity index is 1300. The molecule has 0 saturated carbocycles. The summed E-state index contributed by atoms with van der Waals surface area (Å²) in [4.78, 5) is 58.3. The van der Waals surface area contributed by atoms with E-state index in [1.54, 1.807) is 7.05 Å². The van der Waals surface area contributed by atoms with E-state index in [0.29, 0.717) is 30.4 Å².